The maximum absolute atomic E-state index is 13.9. The van der Waals surface area contributed by atoms with E-state index in [0.29, 0.717) is 18.0 Å². The monoisotopic (exact) mass is 629 g/mol. The summed E-state index contributed by atoms with van der Waals surface area (Å²) in [5.41, 5.74) is 2.02. The summed E-state index contributed by atoms with van der Waals surface area (Å²) in [5, 5.41) is 2.89. The lowest BCUT2D eigenvalue weighted by Gasteiger charge is -2.32. The Labute approximate surface area is 245 Å². The summed E-state index contributed by atoms with van der Waals surface area (Å²) in [6.45, 7) is 5.69. The zero-order valence-corrected chi connectivity index (χ0v) is 25.7. The minimum absolute atomic E-state index is 0.0616. The molecular weight excluding hydrogens is 594 g/mol. The number of anilines is 1. The maximum Gasteiger partial charge on any atom is 0.264 e. The third-order valence-corrected chi connectivity index (χ3v) is 8.83. The molecule has 0 heterocycles. The first-order valence-electron chi connectivity index (χ1n) is 13.1. The van der Waals surface area contributed by atoms with Gasteiger partial charge in [0.2, 0.25) is 11.8 Å². The van der Waals surface area contributed by atoms with Crippen LogP contribution >= 0.6 is 15.9 Å². The number of rotatable bonds is 13. The van der Waals surface area contributed by atoms with Crippen molar-refractivity contribution >= 4 is 43.5 Å². The average Bonchev–Trinajstić information content (AvgIpc) is 2.95. The molecule has 3 rings (SSSR count). The quantitative estimate of drug-likeness (QED) is 0.259. The molecule has 3 aromatic carbocycles. The zero-order valence-electron chi connectivity index (χ0n) is 23.3. The molecular formula is C30H36BrN3O5S. The first kappa shape index (κ1) is 31.2. The molecule has 10 heteroatoms. The van der Waals surface area contributed by atoms with E-state index in [-0.39, 0.29) is 17.3 Å². The van der Waals surface area contributed by atoms with Crippen LogP contribution in [0.4, 0.5) is 5.69 Å². The fourth-order valence-electron chi connectivity index (χ4n) is 4.02. The topological polar surface area (TPSA) is 96.0 Å². The molecule has 0 unspecified atom stereocenters. The smallest absolute Gasteiger partial charge is 0.264 e. The second-order valence-electron chi connectivity index (χ2n) is 9.49. The van der Waals surface area contributed by atoms with E-state index in [4.69, 9.17) is 4.74 Å². The first-order chi connectivity index (χ1) is 19.1. The number of ether oxygens (including phenoxy) is 1. The summed E-state index contributed by atoms with van der Waals surface area (Å²) in [4.78, 5) is 28.4. The molecule has 0 saturated heterocycles. The second-order valence-corrected chi connectivity index (χ2v) is 12.3. The Morgan fingerprint density at radius 3 is 2.17 bits per heavy atom. The van der Waals surface area contributed by atoms with E-state index in [1.54, 1.807) is 43.3 Å². The number of unbranched alkanes of at least 4 members (excludes halogenated alkanes) is 1. The Bertz CT molecular complexity index is 1380. The molecule has 2 amide bonds. The second kappa shape index (κ2) is 14.3. The summed E-state index contributed by atoms with van der Waals surface area (Å²) in [7, 11) is -2.60. The van der Waals surface area contributed by atoms with Gasteiger partial charge in [-0.05, 0) is 74.4 Å². The largest absolute Gasteiger partial charge is 0.497 e. The van der Waals surface area contributed by atoms with E-state index in [9.17, 15) is 18.0 Å². The Hall–Kier alpha value is -3.37. The molecule has 0 aromatic heterocycles. The van der Waals surface area contributed by atoms with Gasteiger partial charge >= 0.3 is 0 Å². The third-order valence-electron chi connectivity index (χ3n) is 6.51. The van der Waals surface area contributed by atoms with Gasteiger partial charge in [0.05, 0.1) is 17.7 Å². The van der Waals surface area contributed by atoms with Crippen molar-refractivity contribution in [3.63, 3.8) is 0 Å². The predicted molar refractivity (Wildman–Crippen MR) is 161 cm³/mol. The molecule has 0 aliphatic rings. The SMILES string of the molecule is CCCCNC(=O)[C@H](C)N(Cc1ccc(Br)cc1)C(=O)CN(c1ccc(OC)cc1)S(=O)(=O)c1ccc(C)cc1. The van der Waals surface area contributed by atoms with Crippen molar-refractivity contribution in [1.29, 1.82) is 0 Å². The minimum atomic E-state index is -4.12. The van der Waals surface area contributed by atoms with Gasteiger partial charge in [-0.1, -0.05) is 59.1 Å². The van der Waals surface area contributed by atoms with Gasteiger partial charge in [0.25, 0.3) is 10.0 Å². The molecule has 40 heavy (non-hydrogen) atoms. The fraction of sp³-hybridized carbons (Fsp3) is 0.333. The number of methoxy groups -OCH3 is 1. The highest BCUT2D eigenvalue weighted by atomic mass is 79.9. The molecule has 0 saturated carbocycles. The summed E-state index contributed by atoms with van der Waals surface area (Å²) in [6, 6.07) is 19.5. The molecule has 0 bridgehead atoms. The minimum Gasteiger partial charge on any atom is -0.497 e. The lowest BCUT2D eigenvalue weighted by Crippen LogP contribution is -2.51. The van der Waals surface area contributed by atoms with Crippen molar-refractivity contribution in [3.8, 4) is 5.75 Å². The van der Waals surface area contributed by atoms with Crippen LogP contribution in [0.25, 0.3) is 0 Å². The summed E-state index contributed by atoms with van der Waals surface area (Å²) in [6.07, 6.45) is 1.74. The molecule has 0 aliphatic heterocycles. The Kier molecular flexibility index (Phi) is 11.2. The number of hydrogen-bond donors (Lipinski definition) is 1. The van der Waals surface area contributed by atoms with Crippen LogP contribution in [-0.4, -0.2) is 51.4 Å². The van der Waals surface area contributed by atoms with Crippen LogP contribution < -0.4 is 14.4 Å². The number of nitrogens with zero attached hydrogens (tertiary/aromatic N) is 2. The number of amides is 2. The Morgan fingerprint density at radius 2 is 1.60 bits per heavy atom. The molecule has 0 radical (unpaired) electrons. The number of nitrogens with one attached hydrogen (secondary N) is 1. The van der Waals surface area contributed by atoms with E-state index >= 15 is 0 Å². The molecule has 3 aromatic rings. The number of carbonyl (C=O) groups is 2. The number of aryl methyl sites for hydroxylation is 1. The number of hydrogen-bond acceptors (Lipinski definition) is 5. The van der Waals surface area contributed by atoms with Crippen LogP contribution in [-0.2, 0) is 26.2 Å². The van der Waals surface area contributed by atoms with Crippen molar-refractivity contribution in [1.82, 2.24) is 10.2 Å². The third kappa shape index (κ3) is 8.08. The van der Waals surface area contributed by atoms with Gasteiger partial charge < -0.3 is 15.0 Å². The normalized spacial score (nSPS) is 11.9. The van der Waals surface area contributed by atoms with Crippen molar-refractivity contribution in [2.45, 2.75) is 51.1 Å². The highest BCUT2D eigenvalue weighted by molar-refractivity contribution is 9.10. The average molecular weight is 631 g/mol. The molecule has 0 aliphatic carbocycles. The number of benzene rings is 3. The zero-order chi connectivity index (χ0) is 29.3. The highest BCUT2D eigenvalue weighted by Crippen LogP contribution is 2.27. The summed E-state index contributed by atoms with van der Waals surface area (Å²) in [5.74, 6) is -0.249. The Balaban J connectivity index is 1.99. The van der Waals surface area contributed by atoms with Gasteiger partial charge in [-0.3, -0.25) is 13.9 Å². The van der Waals surface area contributed by atoms with Crippen molar-refractivity contribution in [2.24, 2.45) is 0 Å². The van der Waals surface area contributed by atoms with Crippen LogP contribution in [0.2, 0.25) is 0 Å². The van der Waals surface area contributed by atoms with Gasteiger partial charge in [-0.25, -0.2) is 8.42 Å². The summed E-state index contributed by atoms with van der Waals surface area (Å²) >= 11 is 3.42. The van der Waals surface area contributed by atoms with E-state index in [1.807, 2.05) is 38.1 Å². The highest BCUT2D eigenvalue weighted by Gasteiger charge is 2.32. The molecule has 1 N–H and O–H groups in total. The lowest BCUT2D eigenvalue weighted by atomic mass is 10.1. The molecule has 214 valence electrons. The molecule has 0 spiro atoms. The fourth-order valence-corrected chi connectivity index (χ4v) is 5.70. The van der Waals surface area contributed by atoms with Crippen molar-refractivity contribution in [3.05, 3.63) is 88.4 Å². The molecule has 1 atom stereocenters. The van der Waals surface area contributed by atoms with Gasteiger partial charge in [0, 0.05) is 17.6 Å². The van der Waals surface area contributed by atoms with Crippen LogP contribution in [0.15, 0.2) is 82.2 Å². The van der Waals surface area contributed by atoms with Crippen LogP contribution in [0.1, 0.15) is 37.8 Å². The van der Waals surface area contributed by atoms with Crippen molar-refractivity contribution < 1.29 is 22.7 Å². The molecule has 8 nitrogen and oxygen atoms in total. The number of sulfonamides is 1. The lowest BCUT2D eigenvalue weighted by molar-refractivity contribution is -0.139. The maximum atomic E-state index is 13.9. The number of carbonyl (C=O) groups excluding carboxylic acids is 2. The van der Waals surface area contributed by atoms with Gasteiger partial charge in [0.15, 0.2) is 0 Å². The van der Waals surface area contributed by atoms with Gasteiger partial charge in [-0.2, -0.15) is 0 Å². The van der Waals surface area contributed by atoms with Crippen LogP contribution in [0.3, 0.4) is 0 Å². The number of halogens is 1. The standard InChI is InChI=1S/C30H36BrN3O5S/c1-5-6-19-32-30(36)23(3)33(20-24-9-11-25(31)12-10-24)29(35)21-34(26-13-15-27(39-4)16-14-26)40(37,38)28-17-7-22(2)8-18-28/h7-18,23H,5-6,19-21H2,1-4H3,(H,32,36)/t23-/m0/s1. The van der Waals surface area contributed by atoms with E-state index < -0.39 is 28.5 Å². The summed E-state index contributed by atoms with van der Waals surface area (Å²) < 4.78 is 34.9. The predicted octanol–water partition coefficient (Wildman–Crippen LogP) is 5.30. The van der Waals surface area contributed by atoms with E-state index in [0.717, 1.165) is 32.7 Å². The van der Waals surface area contributed by atoms with Crippen molar-refractivity contribution in [2.75, 3.05) is 24.5 Å². The van der Waals surface area contributed by atoms with E-state index in [2.05, 4.69) is 21.2 Å². The van der Waals surface area contributed by atoms with E-state index in [1.165, 1.54) is 24.1 Å². The molecule has 0 fully saturated rings. The van der Waals surface area contributed by atoms with Gasteiger partial charge in [-0.15, -0.1) is 0 Å². The van der Waals surface area contributed by atoms with Crippen LogP contribution in [0.5, 0.6) is 5.75 Å². The van der Waals surface area contributed by atoms with Crippen LogP contribution in [0, 0.1) is 6.92 Å². The Morgan fingerprint density at radius 1 is 0.975 bits per heavy atom. The first-order valence-corrected chi connectivity index (χ1v) is 15.3. The van der Waals surface area contributed by atoms with Gasteiger partial charge in [0.1, 0.15) is 18.3 Å².